The van der Waals surface area contributed by atoms with E-state index in [4.69, 9.17) is 4.74 Å². The summed E-state index contributed by atoms with van der Waals surface area (Å²) < 4.78 is 4.86. The summed E-state index contributed by atoms with van der Waals surface area (Å²) in [6.45, 7) is 9.24. The third-order valence-electron chi connectivity index (χ3n) is 3.15. The summed E-state index contributed by atoms with van der Waals surface area (Å²) in [6.07, 6.45) is 4.61. The van der Waals surface area contributed by atoms with E-state index >= 15 is 0 Å². The van der Waals surface area contributed by atoms with Gasteiger partial charge >= 0.3 is 5.97 Å². The molecule has 1 aliphatic heterocycles. The van der Waals surface area contributed by atoms with Gasteiger partial charge in [0.2, 0.25) is 0 Å². The SMILES string of the molecule is COC(=O)C1(C)CCCN1N=CCC(C)(C)C. The first-order valence-corrected chi connectivity index (χ1v) is 6.18. The number of hydrogen-bond donors (Lipinski definition) is 0. The Balaban J connectivity index is 2.67. The van der Waals surface area contributed by atoms with Crippen LogP contribution in [0, 0.1) is 5.41 Å². The van der Waals surface area contributed by atoms with Crippen molar-refractivity contribution in [2.45, 2.75) is 52.5 Å². The van der Waals surface area contributed by atoms with Crippen molar-refractivity contribution in [3.8, 4) is 0 Å². The molecule has 98 valence electrons. The predicted molar refractivity (Wildman–Crippen MR) is 68.9 cm³/mol. The first kappa shape index (κ1) is 14.0. The van der Waals surface area contributed by atoms with Crippen LogP contribution in [-0.2, 0) is 9.53 Å². The average molecular weight is 240 g/mol. The number of ether oxygens (including phenoxy) is 1. The molecular weight excluding hydrogens is 216 g/mol. The number of carbonyl (C=O) groups excluding carboxylic acids is 1. The summed E-state index contributed by atoms with van der Waals surface area (Å²) in [7, 11) is 1.43. The van der Waals surface area contributed by atoms with Gasteiger partial charge < -0.3 is 4.74 Å². The van der Waals surface area contributed by atoms with Crippen LogP contribution in [0.3, 0.4) is 0 Å². The lowest BCUT2D eigenvalue weighted by molar-refractivity contribution is -0.152. The number of rotatable bonds is 3. The summed E-state index contributed by atoms with van der Waals surface area (Å²) in [5.74, 6) is -0.192. The van der Waals surface area contributed by atoms with Gasteiger partial charge in [-0.1, -0.05) is 20.8 Å². The van der Waals surface area contributed by atoms with Crippen molar-refractivity contribution >= 4 is 12.2 Å². The number of nitrogens with zero attached hydrogens (tertiary/aromatic N) is 2. The molecule has 1 atom stereocenters. The minimum Gasteiger partial charge on any atom is -0.467 e. The number of esters is 1. The first-order valence-electron chi connectivity index (χ1n) is 6.18. The van der Waals surface area contributed by atoms with E-state index in [0.717, 1.165) is 25.8 Å². The van der Waals surface area contributed by atoms with Crippen LogP contribution < -0.4 is 0 Å². The third kappa shape index (κ3) is 3.45. The Kier molecular flexibility index (Phi) is 4.17. The van der Waals surface area contributed by atoms with Gasteiger partial charge in [-0.15, -0.1) is 0 Å². The second-order valence-electron chi connectivity index (χ2n) is 6.05. The normalized spacial score (nSPS) is 25.6. The molecule has 1 saturated heterocycles. The summed E-state index contributed by atoms with van der Waals surface area (Å²) in [4.78, 5) is 11.8. The molecule has 0 aliphatic carbocycles. The third-order valence-corrected chi connectivity index (χ3v) is 3.15. The topological polar surface area (TPSA) is 41.9 Å². The minimum absolute atomic E-state index is 0.192. The Morgan fingerprint density at radius 3 is 2.71 bits per heavy atom. The maximum atomic E-state index is 11.8. The van der Waals surface area contributed by atoms with Crippen molar-refractivity contribution in [2.75, 3.05) is 13.7 Å². The second-order valence-corrected chi connectivity index (χ2v) is 6.05. The fourth-order valence-corrected chi connectivity index (χ4v) is 1.97. The van der Waals surface area contributed by atoms with Crippen molar-refractivity contribution in [1.82, 2.24) is 5.01 Å². The molecule has 0 spiro atoms. The maximum absolute atomic E-state index is 11.8. The molecule has 1 rings (SSSR count). The Bertz CT molecular complexity index is 307. The summed E-state index contributed by atoms with van der Waals surface area (Å²) in [6, 6.07) is 0. The van der Waals surface area contributed by atoms with Gasteiger partial charge in [0.25, 0.3) is 0 Å². The number of carbonyl (C=O) groups is 1. The summed E-state index contributed by atoms with van der Waals surface area (Å²) in [5.41, 5.74) is -0.353. The van der Waals surface area contributed by atoms with Crippen LogP contribution in [-0.4, -0.2) is 36.4 Å². The molecule has 1 aliphatic rings. The molecule has 1 fully saturated rings. The van der Waals surface area contributed by atoms with Crippen LogP contribution in [0.4, 0.5) is 0 Å². The van der Waals surface area contributed by atoms with Gasteiger partial charge in [0.1, 0.15) is 0 Å². The molecule has 0 saturated carbocycles. The van der Waals surface area contributed by atoms with Crippen LogP contribution in [0.5, 0.6) is 0 Å². The van der Waals surface area contributed by atoms with E-state index in [9.17, 15) is 4.79 Å². The van der Waals surface area contributed by atoms with Crippen LogP contribution >= 0.6 is 0 Å². The molecule has 4 heteroatoms. The number of hydrazone groups is 1. The maximum Gasteiger partial charge on any atom is 0.333 e. The molecule has 0 aromatic carbocycles. The molecule has 0 aromatic heterocycles. The van der Waals surface area contributed by atoms with E-state index in [2.05, 4.69) is 25.9 Å². The first-order chi connectivity index (χ1) is 7.79. The molecule has 17 heavy (non-hydrogen) atoms. The monoisotopic (exact) mass is 240 g/mol. The van der Waals surface area contributed by atoms with Gasteiger partial charge in [-0.2, -0.15) is 5.10 Å². The highest BCUT2D eigenvalue weighted by Crippen LogP contribution is 2.30. The average Bonchev–Trinajstić information content (AvgIpc) is 2.59. The number of methoxy groups -OCH3 is 1. The fourth-order valence-electron chi connectivity index (χ4n) is 1.97. The highest BCUT2D eigenvalue weighted by molar-refractivity contribution is 5.80. The van der Waals surface area contributed by atoms with Crippen LogP contribution in [0.25, 0.3) is 0 Å². The Morgan fingerprint density at radius 2 is 2.18 bits per heavy atom. The lowest BCUT2D eigenvalue weighted by Gasteiger charge is -2.30. The summed E-state index contributed by atoms with van der Waals surface area (Å²) >= 11 is 0. The van der Waals surface area contributed by atoms with Crippen molar-refractivity contribution in [3.63, 3.8) is 0 Å². The molecular formula is C13H24N2O2. The van der Waals surface area contributed by atoms with E-state index in [1.165, 1.54) is 7.11 Å². The molecule has 0 aromatic rings. The highest BCUT2D eigenvalue weighted by atomic mass is 16.5. The van der Waals surface area contributed by atoms with Crippen LogP contribution in [0.1, 0.15) is 47.0 Å². The quantitative estimate of drug-likeness (QED) is 0.562. The standard InChI is InChI=1S/C13H24N2O2/c1-12(2,3)8-9-14-15-10-6-7-13(15,4)11(16)17-5/h9H,6-8,10H2,1-5H3. The summed E-state index contributed by atoms with van der Waals surface area (Å²) in [5, 5.41) is 6.30. The van der Waals surface area contributed by atoms with Crippen molar-refractivity contribution in [3.05, 3.63) is 0 Å². The van der Waals surface area contributed by atoms with Crippen molar-refractivity contribution in [1.29, 1.82) is 0 Å². The Morgan fingerprint density at radius 1 is 1.53 bits per heavy atom. The molecule has 0 bridgehead atoms. The predicted octanol–water partition coefficient (Wildman–Crippen LogP) is 2.44. The zero-order chi connectivity index (χ0) is 13.1. The van der Waals surface area contributed by atoms with E-state index < -0.39 is 5.54 Å². The lowest BCUT2D eigenvalue weighted by atomic mass is 9.93. The molecule has 0 N–H and O–H groups in total. The van der Waals surface area contributed by atoms with Crippen LogP contribution in [0.15, 0.2) is 5.10 Å². The van der Waals surface area contributed by atoms with Crippen molar-refractivity contribution < 1.29 is 9.53 Å². The van der Waals surface area contributed by atoms with Gasteiger partial charge in [-0.3, -0.25) is 5.01 Å². The van der Waals surface area contributed by atoms with Gasteiger partial charge in [0.15, 0.2) is 5.54 Å². The number of hydrogen-bond acceptors (Lipinski definition) is 4. The van der Waals surface area contributed by atoms with E-state index in [-0.39, 0.29) is 11.4 Å². The molecule has 1 heterocycles. The van der Waals surface area contributed by atoms with Crippen LogP contribution in [0.2, 0.25) is 0 Å². The van der Waals surface area contributed by atoms with Crippen molar-refractivity contribution in [2.24, 2.45) is 10.5 Å². The van der Waals surface area contributed by atoms with Gasteiger partial charge in [0, 0.05) is 12.8 Å². The van der Waals surface area contributed by atoms with E-state index in [1.807, 2.05) is 18.1 Å². The fraction of sp³-hybridized carbons (Fsp3) is 0.846. The molecule has 1 unspecified atom stereocenters. The zero-order valence-electron chi connectivity index (χ0n) is 11.6. The minimum atomic E-state index is -0.580. The van der Waals surface area contributed by atoms with Gasteiger partial charge in [0.05, 0.1) is 7.11 Å². The molecule has 0 amide bonds. The highest BCUT2D eigenvalue weighted by Gasteiger charge is 2.44. The van der Waals surface area contributed by atoms with Gasteiger partial charge in [-0.05, 0) is 31.6 Å². The Labute approximate surface area is 104 Å². The molecule has 0 radical (unpaired) electrons. The second kappa shape index (κ2) is 5.07. The van der Waals surface area contributed by atoms with E-state index in [0.29, 0.717) is 0 Å². The van der Waals surface area contributed by atoms with E-state index in [1.54, 1.807) is 0 Å². The van der Waals surface area contributed by atoms with Gasteiger partial charge in [-0.25, -0.2) is 4.79 Å². The lowest BCUT2D eigenvalue weighted by Crippen LogP contribution is -2.46. The Hall–Kier alpha value is -1.06. The zero-order valence-corrected chi connectivity index (χ0v) is 11.6. The smallest absolute Gasteiger partial charge is 0.333 e. The largest absolute Gasteiger partial charge is 0.467 e. The molecule has 4 nitrogen and oxygen atoms in total.